The van der Waals surface area contributed by atoms with Crippen molar-refractivity contribution in [2.45, 2.75) is 84.5 Å². The lowest BCUT2D eigenvalue weighted by atomic mass is 10.1. The van der Waals surface area contributed by atoms with E-state index in [0.29, 0.717) is 33.0 Å². The van der Waals surface area contributed by atoms with Crippen LogP contribution in [0.5, 0.6) is 0 Å². The Hall–Kier alpha value is 0.190. The van der Waals surface area contributed by atoms with Crippen molar-refractivity contribution in [2.24, 2.45) is 5.92 Å². The van der Waals surface area contributed by atoms with Gasteiger partial charge < -0.3 is 19.3 Å². The molecule has 0 unspecified atom stereocenters. The zero-order valence-electron chi connectivity index (χ0n) is 18.8. The van der Waals surface area contributed by atoms with E-state index in [9.17, 15) is 0 Å². The number of rotatable bonds is 24. The fourth-order valence-electron chi connectivity index (χ4n) is 3.03. The summed E-state index contributed by atoms with van der Waals surface area (Å²) in [4.78, 5) is 0. The number of hydrogen-bond acceptors (Lipinski definition) is 5. The molecule has 5 heteroatoms. The van der Waals surface area contributed by atoms with Crippen LogP contribution in [0.25, 0.3) is 0 Å². The van der Waals surface area contributed by atoms with Crippen LogP contribution in [0.4, 0.5) is 0 Å². The lowest BCUT2D eigenvalue weighted by Gasteiger charge is -2.11. The molecule has 1 N–H and O–H groups in total. The van der Waals surface area contributed by atoms with E-state index in [1.165, 1.54) is 75.7 Å². The van der Waals surface area contributed by atoms with Gasteiger partial charge in [0, 0.05) is 6.61 Å². The number of unbranched alkanes of at least 4 members (excludes halogenated alkanes) is 8. The van der Waals surface area contributed by atoms with Crippen LogP contribution in [0.15, 0.2) is 0 Å². The van der Waals surface area contributed by atoms with Gasteiger partial charge in [0.15, 0.2) is 0 Å². The lowest BCUT2D eigenvalue weighted by molar-refractivity contribution is 0.00719. The minimum atomic E-state index is 0.0705. The maximum Gasteiger partial charge on any atom is 0.0701 e. The SMILES string of the molecule is CCC(CC)CSCCCCCCCCCCCOCCOCCOCCO. The predicted octanol–water partition coefficient (Wildman–Crippen LogP) is 5.71. The molecule has 0 spiro atoms. The van der Waals surface area contributed by atoms with E-state index in [1.807, 2.05) is 0 Å². The molecule has 0 aliphatic heterocycles. The van der Waals surface area contributed by atoms with Crippen molar-refractivity contribution in [3.8, 4) is 0 Å². The second-order valence-electron chi connectivity index (χ2n) is 7.50. The summed E-state index contributed by atoms with van der Waals surface area (Å²) in [7, 11) is 0. The van der Waals surface area contributed by atoms with Crippen molar-refractivity contribution in [3.63, 3.8) is 0 Å². The van der Waals surface area contributed by atoms with Crippen LogP contribution >= 0.6 is 11.8 Å². The molecule has 0 aromatic rings. The summed E-state index contributed by atoms with van der Waals surface area (Å²) in [5.41, 5.74) is 0. The van der Waals surface area contributed by atoms with Gasteiger partial charge in [-0.25, -0.2) is 0 Å². The molecular formula is C23H48O4S. The van der Waals surface area contributed by atoms with Crippen LogP contribution in [0.2, 0.25) is 0 Å². The third kappa shape index (κ3) is 22.5. The normalized spacial score (nSPS) is 11.6. The Labute approximate surface area is 179 Å². The summed E-state index contributed by atoms with van der Waals surface area (Å²) >= 11 is 2.17. The second kappa shape index (κ2) is 25.2. The Morgan fingerprint density at radius 2 is 1.07 bits per heavy atom. The van der Waals surface area contributed by atoms with Crippen LogP contribution < -0.4 is 0 Å². The number of aliphatic hydroxyl groups excluding tert-OH is 1. The van der Waals surface area contributed by atoms with Gasteiger partial charge in [-0.05, 0) is 30.3 Å². The van der Waals surface area contributed by atoms with Gasteiger partial charge in [0.1, 0.15) is 0 Å². The summed E-state index contributed by atoms with van der Waals surface area (Å²) in [6, 6.07) is 0. The molecule has 0 aromatic carbocycles. The molecule has 0 amide bonds. The van der Waals surface area contributed by atoms with E-state index >= 15 is 0 Å². The number of thioether (sulfide) groups is 1. The fourth-order valence-corrected chi connectivity index (χ4v) is 4.41. The first-order valence-electron chi connectivity index (χ1n) is 11.8. The molecule has 0 aromatic heterocycles. The average Bonchev–Trinajstić information content (AvgIpc) is 2.72. The molecule has 0 saturated carbocycles. The van der Waals surface area contributed by atoms with Crippen LogP contribution in [0.1, 0.15) is 84.5 Å². The van der Waals surface area contributed by atoms with Gasteiger partial charge in [0.25, 0.3) is 0 Å². The summed E-state index contributed by atoms with van der Waals surface area (Å²) in [5, 5.41) is 8.56. The Morgan fingerprint density at radius 1 is 0.607 bits per heavy atom. The molecule has 0 aliphatic rings. The Kier molecular flexibility index (Phi) is 25.4. The summed E-state index contributed by atoms with van der Waals surface area (Å²) < 4.78 is 16.1. The molecule has 170 valence electrons. The summed E-state index contributed by atoms with van der Waals surface area (Å²) in [6.07, 6.45) is 14.9. The number of aliphatic hydroxyl groups is 1. The smallest absolute Gasteiger partial charge is 0.0701 e. The van der Waals surface area contributed by atoms with Gasteiger partial charge >= 0.3 is 0 Å². The molecule has 4 nitrogen and oxygen atoms in total. The Bertz CT molecular complexity index is 275. The first kappa shape index (κ1) is 28.2. The molecular weight excluding hydrogens is 372 g/mol. The highest BCUT2D eigenvalue weighted by molar-refractivity contribution is 7.99. The number of ether oxygens (including phenoxy) is 3. The zero-order valence-corrected chi connectivity index (χ0v) is 19.6. The van der Waals surface area contributed by atoms with E-state index < -0.39 is 0 Å². The Balaban J connectivity index is 3.03. The van der Waals surface area contributed by atoms with Gasteiger partial charge in [-0.15, -0.1) is 0 Å². The molecule has 0 heterocycles. The van der Waals surface area contributed by atoms with Crippen LogP contribution in [-0.2, 0) is 14.2 Å². The Morgan fingerprint density at radius 3 is 1.61 bits per heavy atom. The minimum absolute atomic E-state index is 0.0705. The molecule has 0 bridgehead atoms. The molecule has 0 fully saturated rings. The van der Waals surface area contributed by atoms with Gasteiger partial charge in [0.2, 0.25) is 0 Å². The quantitative estimate of drug-likeness (QED) is 0.203. The maximum atomic E-state index is 8.56. The average molecular weight is 421 g/mol. The van der Waals surface area contributed by atoms with Gasteiger partial charge in [-0.1, -0.05) is 71.6 Å². The molecule has 0 rings (SSSR count). The highest BCUT2D eigenvalue weighted by atomic mass is 32.2. The van der Waals surface area contributed by atoms with Crippen molar-refractivity contribution in [1.29, 1.82) is 0 Å². The standard InChI is InChI=1S/C23H48O4S/c1-3-23(4-2)22-28-21-13-11-9-7-5-6-8-10-12-15-25-17-19-27-20-18-26-16-14-24/h23-24H,3-22H2,1-2H3. The first-order chi connectivity index (χ1) is 13.8. The highest BCUT2D eigenvalue weighted by Gasteiger charge is 2.02. The van der Waals surface area contributed by atoms with Crippen LogP contribution in [-0.4, -0.2) is 62.9 Å². The zero-order chi connectivity index (χ0) is 20.5. The first-order valence-corrected chi connectivity index (χ1v) is 12.9. The van der Waals surface area contributed by atoms with Crippen molar-refractivity contribution in [2.75, 3.05) is 57.8 Å². The molecule has 0 atom stereocenters. The molecule has 0 radical (unpaired) electrons. The van der Waals surface area contributed by atoms with Gasteiger partial charge in [0.05, 0.1) is 39.6 Å². The van der Waals surface area contributed by atoms with Crippen molar-refractivity contribution < 1.29 is 19.3 Å². The lowest BCUT2D eigenvalue weighted by Crippen LogP contribution is -2.11. The fraction of sp³-hybridized carbons (Fsp3) is 1.00. The van der Waals surface area contributed by atoms with Crippen molar-refractivity contribution >= 4 is 11.8 Å². The van der Waals surface area contributed by atoms with E-state index in [1.54, 1.807) is 0 Å². The van der Waals surface area contributed by atoms with Gasteiger partial charge in [-0.2, -0.15) is 11.8 Å². The summed E-state index contributed by atoms with van der Waals surface area (Å²) in [6.45, 7) is 8.33. The third-order valence-corrected chi connectivity index (χ3v) is 6.35. The molecule has 0 saturated heterocycles. The summed E-state index contributed by atoms with van der Waals surface area (Å²) in [5.74, 6) is 3.66. The van der Waals surface area contributed by atoms with E-state index in [-0.39, 0.29) is 6.61 Å². The highest BCUT2D eigenvalue weighted by Crippen LogP contribution is 2.17. The minimum Gasteiger partial charge on any atom is -0.394 e. The monoisotopic (exact) mass is 420 g/mol. The van der Waals surface area contributed by atoms with Crippen molar-refractivity contribution in [3.05, 3.63) is 0 Å². The van der Waals surface area contributed by atoms with E-state index in [2.05, 4.69) is 25.6 Å². The predicted molar refractivity (Wildman–Crippen MR) is 122 cm³/mol. The van der Waals surface area contributed by atoms with E-state index in [0.717, 1.165) is 18.9 Å². The molecule has 28 heavy (non-hydrogen) atoms. The second-order valence-corrected chi connectivity index (χ2v) is 8.65. The van der Waals surface area contributed by atoms with Crippen LogP contribution in [0, 0.1) is 5.92 Å². The largest absolute Gasteiger partial charge is 0.394 e. The topological polar surface area (TPSA) is 47.9 Å². The van der Waals surface area contributed by atoms with Crippen LogP contribution in [0.3, 0.4) is 0 Å². The van der Waals surface area contributed by atoms with E-state index in [4.69, 9.17) is 19.3 Å². The molecule has 0 aliphatic carbocycles. The maximum absolute atomic E-state index is 8.56. The number of hydrogen-bond donors (Lipinski definition) is 1. The van der Waals surface area contributed by atoms with Gasteiger partial charge in [-0.3, -0.25) is 0 Å². The third-order valence-electron chi connectivity index (χ3n) is 5.07. The van der Waals surface area contributed by atoms with Crippen molar-refractivity contribution in [1.82, 2.24) is 0 Å².